The molecule has 2 fully saturated rings. The van der Waals surface area contributed by atoms with Crippen LogP contribution in [0.1, 0.15) is 17.5 Å². The van der Waals surface area contributed by atoms with Crippen molar-refractivity contribution in [2.75, 3.05) is 6.54 Å². The first-order chi connectivity index (χ1) is 11.2. The van der Waals surface area contributed by atoms with Crippen molar-refractivity contribution < 1.29 is 0 Å². The summed E-state index contributed by atoms with van der Waals surface area (Å²) >= 11 is 6.07. The highest BCUT2D eigenvalue weighted by Gasteiger charge is 2.51. The van der Waals surface area contributed by atoms with Crippen LogP contribution >= 0.6 is 27.7 Å². The van der Waals surface area contributed by atoms with Gasteiger partial charge in [-0.15, -0.1) is 11.8 Å². The average molecular weight is 388 g/mol. The quantitative estimate of drug-likeness (QED) is 0.669. The Bertz CT molecular complexity index is 657. The number of alkyl halides is 1. The second-order valence-corrected chi connectivity index (χ2v) is 9.19. The van der Waals surface area contributed by atoms with E-state index in [9.17, 15) is 0 Å². The molecule has 1 saturated carbocycles. The number of benzene rings is 2. The summed E-state index contributed by atoms with van der Waals surface area (Å²) in [5.41, 5.74) is 2.77. The molecule has 0 spiro atoms. The lowest BCUT2D eigenvalue weighted by Crippen LogP contribution is -2.40. The van der Waals surface area contributed by atoms with Crippen LogP contribution in [0.5, 0.6) is 0 Å². The number of fused-ring (bicyclic) bond motifs is 2. The van der Waals surface area contributed by atoms with Crippen molar-refractivity contribution in [3.8, 4) is 0 Å². The van der Waals surface area contributed by atoms with Crippen LogP contribution in [0.3, 0.4) is 0 Å². The number of thioether (sulfide) groups is 1. The van der Waals surface area contributed by atoms with Crippen LogP contribution < -0.4 is 0 Å². The smallest absolute Gasteiger partial charge is 0.0353 e. The zero-order valence-electron chi connectivity index (χ0n) is 13.4. The molecular formula is C20H22BrNS. The zero-order chi connectivity index (χ0) is 15.8. The Morgan fingerprint density at radius 3 is 2.52 bits per heavy atom. The molecule has 2 aromatic rings. The normalized spacial score (nSPS) is 30.0. The lowest BCUT2D eigenvalue weighted by Gasteiger charge is -2.33. The van der Waals surface area contributed by atoms with Gasteiger partial charge < -0.3 is 0 Å². The Kier molecular flexibility index (Phi) is 4.53. The van der Waals surface area contributed by atoms with Crippen LogP contribution in [0.15, 0.2) is 59.5 Å². The number of rotatable bonds is 4. The standard InChI is InChI=1S/C20H22BrNS/c1-14-7-9-17(10-8-14)23-18-11-16-13-22(20(18)19(16)21)12-15-5-3-2-4-6-15/h2-10,16,18-20H,11-13H2,1H3/t16-,18-,19+,20-/m1/s1. The van der Waals surface area contributed by atoms with Crippen LogP contribution in [-0.2, 0) is 6.54 Å². The average Bonchev–Trinajstić information content (AvgIpc) is 3.02. The molecule has 1 nitrogen and oxygen atoms in total. The van der Waals surface area contributed by atoms with Crippen molar-refractivity contribution in [1.29, 1.82) is 0 Å². The van der Waals surface area contributed by atoms with Crippen LogP contribution in [-0.4, -0.2) is 27.6 Å². The Balaban J connectivity index is 1.48. The minimum absolute atomic E-state index is 0.645. The van der Waals surface area contributed by atoms with E-state index in [4.69, 9.17) is 0 Å². The monoisotopic (exact) mass is 387 g/mol. The largest absolute Gasteiger partial charge is 0.294 e. The molecule has 4 rings (SSSR count). The number of hydrogen-bond acceptors (Lipinski definition) is 2. The molecule has 0 amide bonds. The molecule has 0 N–H and O–H groups in total. The van der Waals surface area contributed by atoms with E-state index in [1.54, 1.807) is 0 Å². The van der Waals surface area contributed by atoms with E-state index in [1.807, 2.05) is 0 Å². The van der Waals surface area contributed by atoms with E-state index >= 15 is 0 Å². The molecular weight excluding hydrogens is 366 g/mol. The maximum absolute atomic E-state index is 4.00. The second kappa shape index (κ2) is 6.62. The maximum atomic E-state index is 4.00. The van der Waals surface area contributed by atoms with Gasteiger partial charge in [0.2, 0.25) is 0 Å². The number of likely N-dealkylation sites (tertiary alicyclic amines) is 1. The fraction of sp³-hybridized carbons (Fsp3) is 0.400. The van der Waals surface area contributed by atoms with Gasteiger partial charge in [-0.2, -0.15) is 0 Å². The predicted molar refractivity (Wildman–Crippen MR) is 102 cm³/mol. The van der Waals surface area contributed by atoms with Gasteiger partial charge in [0.05, 0.1) is 0 Å². The van der Waals surface area contributed by atoms with Crippen molar-refractivity contribution in [2.24, 2.45) is 5.92 Å². The summed E-state index contributed by atoms with van der Waals surface area (Å²) in [6, 6.07) is 20.5. The highest BCUT2D eigenvalue weighted by molar-refractivity contribution is 9.09. The van der Waals surface area contributed by atoms with Crippen LogP contribution in [0.2, 0.25) is 0 Å². The molecule has 120 valence electrons. The topological polar surface area (TPSA) is 3.24 Å². The van der Waals surface area contributed by atoms with Gasteiger partial charge >= 0.3 is 0 Å². The molecule has 0 radical (unpaired) electrons. The summed E-state index contributed by atoms with van der Waals surface area (Å²) in [5.74, 6) is 0.798. The molecule has 1 saturated heterocycles. The van der Waals surface area contributed by atoms with Crippen molar-refractivity contribution in [1.82, 2.24) is 4.90 Å². The van der Waals surface area contributed by atoms with Crippen LogP contribution in [0.4, 0.5) is 0 Å². The van der Waals surface area contributed by atoms with Gasteiger partial charge in [0, 0.05) is 34.1 Å². The fourth-order valence-electron chi connectivity index (χ4n) is 3.98. The molecule has 1 aliphatic heterocycles. The van der Waals surface area contributed by atoms with Crippen molar-refractivity contribution in [3.05, 3.63) is 65.7 Å². The lowest BCUT2D eigenvalue weighted by molar-refractivity contribution is 0.211. The summed E-state index contributed by atoms with van der Waals surface area (Å²) in [5, 5.41) is 0.699. The summed E-state index contributed by atoms with van der Waals surface area (Å²) in [7, 11) is 0. The first-order valence-corrected chi connectivity index (χ1v) is 10.2. The van der Waals surface area contributed by atoms with Crippen LogP contribution in [0, 0.1) is 12.8 Å². The zero-order valence-corrected chi connectivity index (χ0v) is 15.8. The third-order valence-electron chi connectivity index (χ3n) is 5.12. The van der Waals surface area contributed by atoms with Gasteiger partial charge in [-0.05, 0) is 37.0 Å². The number of hydrogen-bond donors (Lipinski definition) is 0. The van der Waals surface area contributed by atoms with E-state index in [0.29, 0.717) is 16.1 Å². The Morgan fingerprint density at radius 1 is 1.09 bits per heavy atom. The summed E-state index contributed by atoms with van der Waals surface area (Å²) in [6.45, 7) is 4.47. The maximum Gasteiger partial charge on any atom is 0.0353 e. The van der Waals surface area contributed by atoms with Crippen molar-refractivity contribution in [2.45, 2.75) is 40.9 Å². The van der Waals surface area contributed by atoms with Gasteiger partial charge in [-0.1, -0.05) is 64.0 Å². The molecule has 0 unspecified atom stereocenters. The Hall–Kier alpha value is -0.770. The highest BCUT2D eigenvalue weighted by atomic mass is 79.9. The molecule has 0 aromatic heterocycles. The molecule has 4 atom stereocenters. The number of nitrogens with zero attached hydrogens (tertiary/aromatic N) is 1. The summed E-state index contributed by atoms with van der Waals surface area (Å²) in [4.78, 5) is 4.75. The Morgan fingerprint density at radius 2 is 1.83 bits per heavy atom. The van der Waals surface area contributed by atoms with E-state index in [2.05, 4.69) is 94.1 Å². The third-order valence-corrected chi connectivity index (χ3v) is 7.73. The molecule has 1 heterocycles. The van der Waals surface area contributed by atoms with E-state index < -0.39 is 0 Å². The molecule has 1 aliphatic carbocycles. The van der Waals surface area contributed by atoms with E-state index in [0.717, 1.165) is 12.5 Å². The van der Waals surface area contributed by atoms with Crippen LogP contribution in [0.25, 0.3) is 0 Å². The molecule has 23 heavy (non-hydrogen) atoms. The molecule has 2 bridgehead atoms. The van der Waals surface area contributed by atoms with Crippen molar-refractivity contribution >= 4 is 27.7 Å². The summed E-state index contributed by atoms with van der Waals surface area (Å²) in [6.07, 6.45) is 1.34. The summed E-state index contributed by atoms with van der Waals surface area (Å²) < 4.78 is 0. The van der Waals surface area contributed by atoms with E-state index in [1.165, 1.54) is 29.0 Å². The minimum atomic E-state index is 0.645. The highest BCUT2D eigenvalue weighted by Crippen LogP contribution is 2.49. The van der Waals surface area contributed by atoms with Gasteiger partial charge in [-0.3, -0.25) is 4.90 Å². The number of piperidine rings is 1. The van der Waals surface area contributed by atoms with Crippen molar-refractivity contribution in [3.63, 3.8) is 0 Å². The number of halogens is 1. The SMILES string of the molecule is Cc1ccc(S[C@@H]2C[C@@H]3CN(Cc4ccccc4)[C@H]2[C@H]3Br)cc1. The van der Waals surface area contributed by atoms with Gasteiger partial charge in [0.1, 0.15) is 0 Å². The third kappa shape index (κ3) is 3.24. The molecule has 2 aromatic carbocycles. The molecule has 3 heteroatoms. The minimum Gasteiger partial charge on any atom is -0.294 e. The number of aryl methyl sites for hydroxylation is 1. The van der Waals surface area contributed by atoms with Gasteiger partial charge in [0.15, 0.2) is 0 Å². The first-order valence-electron chi connectivity index (χ1n) is 8.36. The van der Waals surface area contributed by atoms with Gasteiger partial charge in [0.25, 0.3) is 0 Å². The second-order valence-electron chi connectivity index (χ2n) is 6.82. The lowest BCUT2D eigenvalue weighted by atomic mass is 10.1. The molecule has 2 aliphatic rings. The fourth-order valence-corrected chi connectivity index (χ4v) is 6.74. The predicted octanol–water partition coefficient (Wildman–Crippen LogP) is 5.12. The van der Waals surface area contributed by atoms with Gasteiger partial charge in [-0.25, -0.2) is 0 Å². The first kappa shape index (κ1) is 15.7. The Labute approximate surface area is 151 Å². The van der Waals surface area contributed by atoms with E-state index in [-0.39, 0.29) is 0 Å².